The number of methoxy groups -OCH3 is 1. The van der Waals surface area contributed by atoms with Crippen molar-refractivity contribution in [3.05, 3.63) is 70.1 Å². The lowest BCUT2D eigenvalue weighted by atomic mass is 9.72. The van der Waals surface area contributed by atoms with Gasteiger partial charge in [-0.3, -0.25) is 4.79 Å². The fourth-order valence-electron chi connectivity index (χ4n) is 4.97. The minimum atomic E-state index is -0.389. The van der Waals surface area contributed by atoms with Gasteiger partial charge in [0, 0.05) is 23.6 Å². The largest absolute Gasteiger partial charge is 0.504 e. The second kappa shape index (κ2) is 8.44. The van der Waals surface area contributed by atoms with E-state index < -0.39 is 0 Å². The number of ketones is 1. The summed E-state index contributed by atoms with van der Waals surface area (Å²) in [7, 11) is 1.50. The summed E-state index contributed by atoms with van der Waals surface area (Å²) >= 11 is 0. The number of fused-ring (bicyclic) bond motifs is 1. The second-order valence-corrected chi connectivity index (χ2v) is 8.58. The number of phenols is 2. The minimum Gasteiger partial charge on any atom is -0.504 e. The molecule has 2 atom stereocenters. The van der Waals surface area contributed by atoms with E-state index in [1.807, 2.05) is 19.9 Å². The molecule has 0 saturated heterocycles. The van der Waals surface area contributed by atoms with Gasteiger partial charge in [0.05, 0.1) is 25.0 Å². The van der Waals surface area contributed by atoms with Crippen LogP contribution in [0, 0.1) is 6.92 Å². The Labute approximate surface area is 196 Å². The van der Waals surface area contributed by atoms with Gasteiger partial charge in [-0.25, -0.2) is 0 Å². The van der Waals surface area contributed by atoms with Crippen molar-refractivity contribution in [1.82, 2.24) is 5.16 Å². The number of anilines is 1. The third-order valence-electron chi connectivity index (χ3n) is 6.55. The van der Waals surface area contributed by atoms with Gasteiger partial charge in [-0.15, -0.1) is 0 Å². The number of aryl methyl sites for hydroxylation is 1. The molecule has 0 spiro atoms. The number of hydrogen-bond donors (Lipinski definition) is 3. The van der Waals surface area contributed by atoms with Crippen molar-refractivity contribution >= 4 is 11.7 Å². The first-order valence-corrected chi connectivity index (χ1v) is 11.2. The Morgan fingerprint density at radius 3 is 2.53 bits per heavy atom. The number of carbonyl (C=O) groups excluding carboxylic acids is 1. The lowest BCUT2D eigenvalue weighted by Gasteiger charge is -2.34. The van der Waals surface area contributed by atoms with Crippen molar-refractivity contribution in [3.8, 4) is 23.0 Å². The van der Waals surface area contributed by atoms with Gasteiger partial charge in [0.15, 0.2) is 28.8 Å². The van der Waals surface area contributed by atoms with Crippen LogP contribution < -0.4 is 14.8 Å². The first-order valence-electron chi connectivity index (χ1n) is 11.2. The summed E-state index contributed by atoms with van der Waals surface area (Å²) in [5.74, 6) is 0.916. The number of ether oxygens (including phenoxy) is 2. The smallest absolute Gasteiger partial charge is 0.233 e. The summed E-state index contributed by atoms with van der Waals surface area (Å²) in [6.45, 7) is 4.11. The molecular formula is C26H26N2O6. The summed E-state index contributed by atoms with van der Waals surface area (Å²) in [5, 5.41) is 27.6. The van der Waals surface area contributed by atoms with Gasteiger partial charge in [-0.05, 0) is 61.6 Å². The molecular weight excluding hydrogens is 436 g/mol. The number of aromatic nitrogens is 1. The second-order valence-electron chi connectivity index (χ2n) is 8.58. The molecule has 34 heavy (non-hydrogen) atoms. The molecule has 2 unspecified atom stereocenters. The molecule has 0 fully saturated rings. The summed E-state index contributed by atoms with van der Waals surface area (Å²) in [6.07, 6.45) is 0.905. The molecule has 0 bridgehead atoms. The lowest BCUT2D eigenvalue weighted by Crippen LogP contribution is -2.29. The Balaban J connectivity index is 1.60. The van der Waals surface area contributed by atoms with Crippen LogP contribution in [0.1, 0.15) is 54.0 Å². The van der Waals surface area contributed by atoms with Crippen LogP contribution >= 0.6 is 0 Å². The molecule has 0 radical (unpaired) electrons. The van der Waals surface area contributed by atoms with Crippen molar-refractivity contribution in [2.24, 2.45) is 0 Å². The highest BCUT2D eigenvalue weighted by molar-refractivity contribution is 6.01. The topological polar surface area (TPSA) is 114 Å². The molecule has 3 aromatic rings. The zero-order valence-electron chi connectivity index (χ0n) is 19.2. The average Bonchev–Trinajstić information content (AvgIpc) is 3.19. The van der Waals surface area contributed by atoms with E-state index in [0.717, 1.165) is 22.4 Å². The molecule has 2 heterocycles. The molecule has 1 aliphatic heterocycles. The summed E-state index contributed by atoms with van der Waals surface area (Å²) < 4.78 is 16.4. The van der Waals surface area contributed by atoms with Crippen LogP contribution in [0.2, 0.25) is 0 Å². The van der Waals surface area contributed by atoms with Gasteiger partial charge in [0.1, 0.15) is 0 Å². The number of nitrogens with one attached hydrogen (secondary N) is 1. The number of benzene rings is 2. The monoisotopic (exact) mass is 462 g/mol. The third kappa shape index (κ3) is 3.55. The molecule has 176 valence electrons. The number of nitrogens with zero attached hydrogens (tertiary/aromatic N) is 1. The molecule has 1 aromatic heterocycles. The number of hydrogen-bond acceptors (Lipinski definition) is 8. The van der Waals surface area contributed by atoms with Crippen molar-refractivity contribution in [1.29, 1.82) is 0 Å². The maximum absolute atomic E-state index is 13.6. The van der Waals surface area contributed by atoms with Gasteiger partial charge in [0.2, 0.25) is 5.88 Å². The van der Waals surface area contributed by atoms with Gasteiger partial charge in [0.25, 0.3) is 0 Å². The maximum Gasteiger partial charge on any atom is 0.233 e. The van der Waals surface area contributed by atoms with Crippen LogP contribution in [0.15, 0.2) is 52.2 Å². The Morgan fingerprint density at radius 2 is 1.79 bits per heavy atom. The SMILES string of the molecule is CCOc1cc(C2C3=C(CC(c4ccc(O)c(OC)c4)CC3=O)Nc3onc(C)c32)ccc1O. The fraction of sp³-hybridized carbons (Fsp3) is 0.308. The van der Waals surface area contributed by atoms with Crippen LogP contribution in [-0.4, -0.2) is 34.9 Å². The van der Waals surface area contributed by atoms with E-state index in [1.54, 1.807) is 30.3 Å². The molecule has 5 rings (SSSR count). The van der Waals surface area contributed by atoms with E-state index in [9.17, 15) is 15.0 Å². The number of allylic oxidation sites excluding steroid dienone is 2. The van der Waals surface area contributed by atoms with E-state index in [4.69, 9.17) is 14.0 Å². The molecule has 0 saturated carbocycles. The Morgan fingerprint density at radius 1 is 1.09 bits per heavy atom. The Kier molecular flexibility index (Phi) is 5.43. The molecule has 2 aliphatic rings. The van der Waals surface area contributed by atoms with E-state index in [-0.39, 0.29) is 29.1 Å². The van der Waals surface area contributed by atoms with Crippen LogP contribution in [0.5, 0.6) is 23.0 Å². The first kappa shape index (κ1) is 21.9. The van der Waals surface area contributed by atoms with Gasteiger partial charge in [-0.1, -0.05) is 17.3 Å². The van der Waals surface area contributed by atoms with Crippen LogP contribution in [0.4, 0.5) is 5.88 Å². The summed E-state index contributed by atoms with van der Waals surface area (Å²) in [6, 6.07) is 10.4. The minimum absolute atomic E-state index is 0.0214. The average molecular weight is 463 g/mol. The zero-order chi connectivity index (χ0) is 24.0. The fourth-order valence-corrected chi connectivity index (χ4v) is 4.97. The first-order chi connectivity index (χ1) is 16.4. The van der Waals surface area contributed by atoms with E-state index >= 15 is 0 Å². The highest BCUT2D eigenvalue weighted by Crippen LogP contribution is 2.50. The molecule has 3 N–H and O–H groups in total. The predicted molar refractivity (Wildman–Crippen MR) is 125 cm³/mol. The number of aromatic hydroxyl groups is 2. The molecule has 2 aromatic carbocycles. The quantitative estimate of drug-likeness (QED) is 0.497. The standard InChI is InChI=1S/C26H26N2O6/c1-4-33-22-12-15(6-8-19(22)30)24-23-13(2)28-34-26(23)27-17-9-16(10-20(31)25(17)24)14-5-7-18(29)21(11-14)32-3/h5-8,11-12,16,24,27,29-30H,4,9-10H2,1-3H3. The molecule has 8 heteroatoms. The molecule has 1 aliphatic carbocycles. The number of rotatable bonds is 5. The third-order valence-corrected chi connectivity index (χ3v) is 6.55. The van der Waals surface area contributed by atoms with Gasteiger partial charge >= 0.3 is 0 Å². The molecule has 0 amide bonds. The normalized spacial score (nSPS) is 19.3. The van der Waals surface area contributed by atoms with Crippen molar-refractivity contribution in [2.45, 2.75) is 38.5 Å². The highest BCUT2D eigenvalue weighted by Gasteiger charge is 2.41. The van der Waals surface area contributed by atoms with Crippen LogP contribution in [0.25, 0.3) is 0 Å². The molecule has 8 nitrogen and oxygen atoms in total. The van der Waals surface area contributed by atoms with E-state index in [2.05, 4.69) is 10.5 Å². The highest BCUT2D eigenvalue weighted by atomic mass is 16.5. The Hall–Kier alpha value is -3.94. The maximum atomic E-state index is 13.6. The van der Waals surface area contributed by atoms with Crippen LogP contribution in [0.3, 0.4) is 0 Å². The van der Waals surface area contributed by atoms with Crippen molar-refractivity contribution < 1.29 is 29.0 Å². The van der Waals surface area contributed by atoms with Gasteiger partial charge in [-0.2, -0.15) is 0 Å². The van der Waals surface area contributed by atoms with Gasteiger partial charge < -0.3 is 29.5 Å². The number of Topliss-reactive ketones (excluding diaryl/α,β-unsaturated/α-hetero) is 1. The van der Waals surface area contributed by atoms with Crippen LogP contribution in [-0.2, 0) is 4.79 Å². The van der Waals surface area contributed by atoms with E-state index in [0.29, 0.717) is 48.1 Å². The zero-order valence-corrected chi connectivity index (χ0v) is 19.2. The summed E-state index contributed by atoms with van der Waals surface area (Å²) in [4.78, 5) is 13.6. The Bertz CT molecular complexity index is 1310. The lowest BCUT2D eigenvalue weighted by molar-refractivity contribution is -0.116. The van der Waals surface area contributed by atoms with E-state index in [1.165, 1.54) is 7.11 Å². The summed E-state index contributed by atoms with van der Waals surface area (Å²) in [5.41, 5.74) is 4.70. The number of carbonyl (C=O) groups is 1. The van der Waals surface area contributed by atoms with Crippen molar-refractivity contribution in [3.63, 3.8) is 0 Å². The van der Waals surface area contributed by atoms with Crippen molar-refractivity contribution in [2.75, 3.05) is 19.0 Å². The predicted octanol–water partition coefficient (Wildman–Crippen LogP) is 4.76. The number of phenolic OH excluding ortho intramolecular Hbond substituents is 2.